The van der Waals surface area contributed by atoms with Crippen LogP contribution in [-0.2, 0) is 6.54 Å². The van der Waals surface area contributed by atoms with E-state index in [4.69, 9.17) is 9.72 Å². The average molecular weight is 375 g/mol. The van der Waals surface area contributed by atoms with E-state index in [0.717, 1.165) is 17.5 Å². The predicted molar refractivity (Wildman–Crippen MR) is 107 cm³/mol. The van der Waals surface area contributed by atoms with Crippen LogP contribution in [0.3, 0.4) is 0 Å². The lowest BCUT2D eigenvalue weighted by atomic mass is 10.2. The molecule has 0 atom stereocenters. The molecule has 0 amide bonds. The molecular formula is C21H21N5O2. The van der Waals surface area contributed by atoms with E-state index >= 15 is 0 Å². The molecule has 1 N–H and O–H groups in total. The van der Waals surface area contributed by atoms with E-state index in [-0.39, 0.29) is 5.56 Å². The molecule has 7 heteroatoms. The van der Waals surface area contributed by atoms with Crippen molar-refractivity contribution >= 4 is 11.0 Å². The highest BCUT2D eigenvalue weighted by Crippen LogP contribution is 2.28. The summed E-state index contributed by atoms with van der Waals surface area (Å²) in [4.78, 5) is 24.5. The number of hydrogen-bond acceptors (Lipinski definition) is 5. The van der Waals surface area contributed by atoms with Gasteiger partial charge in [-0.25, -0.2) is 9.67 Å². The van der Waals surface area contributed by atoms with Gasteiger partial charge in [0.25, 0.3) is 5.56 Å². The molecule has 0 bridgehead atoms. The minimum absolute atomic E-state index is 0.205. The van der Waals surface area contributed by atoms with Crippen molar-refractivity contribution in [2.45, 2.75) is 26.8 Å². The first kappa shape index (κ1) is 17.9. The molecule has 28 heavy (non-hydrogen) atoms. The van der Waals surface area contributed by atoms with Crippen LogP contribution in [0.1, 0.15) is 24.6 Å². The van der Waals surface area contributed by atoms with E-state index in [1.807, 2.05) is 43.3 Å². The molecule has 0 saturated heterocycles. The van der Waals surface area contributed by atoms with Crippen molar-refractivity contribution in [3.63, 3.8) is 0 Å². The van der Waals surface area contributed by atoms with E-state index in [2.05, 4.69) is 22.0 Å². The summed E-state index contributed by atoms with van der Waals surface area (Å²) in [5.74, 6) is 1.17. The molecular weight excluding hydrogens is 354 g/mol. The SMILES string of the molecule is CCCOc1ccccc1-c1nc2c(c(C)nn2Cc2ccncc2)c(=O)[nH]1. The van der Waals surface area contributed by atoms with Gasteiger partial charge in [-0.05, 0) is 43.2 Å². The molecule has 0 fully saturated rings. The topological polar surface area (TPSA) is 85.7 Å². The van der Waals surface area contributed by atoms with Crippen LogP contribution in [0, 0.1) is 6.92 Å². The fourth-order valence-corrected chi connectivity index (χ4v) is 3.15. The summed E-state index contributed by atoms with van der Waals surface area (Å²) in [6.07, 6.45) is 4.37. The molecule has 0 aliphatic heterocycles. The Morgan fingerprint density at radius 3 is 2.71 bits per heavy atom. The van der Waals surface area contributed by atoms with Crippen molar-refractivity contribution in [1.29, 1.82) is 0 Å². The fraction of sp³-hybridized carbons (Fsp3) is 0.238. The third-order valence-electron chi connectivity index (χ3n) is 4.46. The number of para-hydroxylation sites is 1. The number of H-pyrrole nitrogens is 1. The zero-order chi connectivity index (χ0) is 19.5. The van der Waals surface area contributed by atoms with Gasteiger partial charge in [0.1, 0.15) is 17.0 Å². The second kappa shape index (κ2) is 7.64. The first-order valence-corrected chi connectivity index (χ1v) is 9.26. The number of rotatable bonds is 6. The van der Waals surface area contributed by atoms with Crippen molar-refractivity contribution in [2.24, 2.45) is 0 Å². The number of aromatic amines is 1. The number of aryl methyl sites for hydroxylation is 1. The zero-order valence-corrected chi connectivity index (χ0v) is 15.8. The quantitative estimate of drug-likeness (QED) is 0.559. The molecule has 3 aromatic heterocycles. The number of nitrogens with zero attached hydrogens (tertiary/aromatic N) is 4. The minimum Gasteiger partial charge on any atom is -0.493 e. The predicted octanol–water partition coefficient (Wildman–Crippen LogP) is 3.33. The van der Waals surface area contributed by atoms with E-state index in [9.17, 15) is 4.79 Å². The van der Waals surface area contributed by atoms with Crippen LogP contribution < -0.4 is 10.3 Å². The summed E-state index contributed by atoms with van der Waals surface area (Å²) in [6.45, 7) is 4.98. The molecule has 4 rings (SSSR count). The van der Waals surface area contributed by atoms with E-state index in [1.54, 1.807) is 17.1 Å². The average Bonchev–Trinajstić information content (AvgIpc) is 3.03. The molecule has 3 heterocycles. The maximum Gasteiger partial charge on any atom is 0.262 e. The zero-order valence-electron chi connectivity index (χ0n) is 15.8. The molecule has 0 aliphatic rings. The molecule has 1 aromatic carbocycles. The standard InChI is InChI=1S/C21H21N5O2/c1-3-12-28-17-7-5-4-6-16(17)19-23-20-18(21(27)24-19)14(2)25-26(20)13-15-8-10-22-11-9-15/h4-11H,3,12-13H2,1-2H3,(H,23,24,27). The molecule has 7 nitrogen and oxygen atoms in total. The number of benzene rings is 1. The van der Waals surface area contributed by atoms with Crippen LogP contribution >= 0.6 is 0 Å². The molecule has 142 valence electrons. The molecule has 0 spiro atoms. The Kier molecular flexibility index (Phi) is 4.89. The molecule has 0 aliphatic carbocycles. The van der Waals surface area contributed by atoms with Crippen molar-refractivity contribution < 1.29 is 4.74 Å². The molecule has 4 aromatic rings. The van der Waals surface area contributed by atoms with Crippen molar-refractivity contribution in [3.05, 3.63) is 70.4 Å². The van der Waals surface area contributed by atoms with Crippen LogP contribution in [0.15, 0.2) is 53.6 Å². The highest BCUT2D eigenvalue weighted by molar-refractivity contribution is 5.79. The third kappa shape index (κ3) is 3.38. The number of hydrogen-bond donors (Lipinski definition) is 1. The number of nitrogens with one attached hydrogen (secondary N) is 1. The van der Waals surface area contributed by atoms with Crippen molar-refractivity contribution in [2.75, 3.05) is 6.61 Å². The van der Waals surface area contributed by atoms with E-state index < -0.39 is 0 Å². The minimum atomic E-state index is -0.205. The van der Waals surface area contributed by atoms with Gasteiger partial charge in [0.2, 0.25) is 0 Å². The first-order valence-electron chi connectivity index (χ1n) is 9.26. The third-order valence-corrected chi connectivity index (χ3v) is 4.46. The van der Waals surface area contributed by atoms with Crippen LogP contribution in [0.5, 0.6) is 5.75 Å². The summed E-state index contributed by atoms with van der Waals surface area (Å²) in [5.41, 5.74) is 2.79. The first-order chi connectivity index (χ1) is 13.7. The molecule has 0 radical (unpaired) electrons. The van der Waals surface area contributed by atoms with Gasteiger partial charge in [0.05, 0.1) is 24.4 Å². The second-order valence-corrected chi connectivity index (χ2v) is 6.56. The lowest BCUT2D eigenvalue weighted by Crippen LogP contribution is -2.12. The van der Waals surface area contributed by atoms with Gasteiger partial charge in [-0.15, -0.1) is 0 Å². The summed E-state index contributed by atoms with van der Waals surface area (Å²) in [7, 11) is 0. The Balaban J connectivity index is 1.84. The number of aromatic nitrogens is 5. The smallest absolute Gasteiger partial charge is 0.262 e. The highest BCUT2D eigenvalue weighted by Gasteiger charge is 2.17. The summed E-state index contributed by atoms with van der Waals surface area (Å²) < 4.78 is 7.59. The van der Waals surface area contributed by atoms with Gasteiger partial charge >= 0.3 is 0 Å². The summed E-state index contributed by atoms with van der Waals surface area (Å²) in [6, 6.07) is 11.4. The Bertz CT molecular complexity index is 1160. The maximum absolute atomic E-state index is 12.8. The fourth-order valence-electron chi connectivity index (χ4n) is 3.15. The number of fused-ring (bicyclic) bond motifs is 1. The van der Waals surface area contributed by atoms with Gasteiger partial charge in [-0.2, -0.15) is 5.10 Å². The molecule has 0 saturated carbocycles. The van der Waals surface area contributed by atoms with Gasteiger partial charge in [0, 0.05) is 12.4 Å². The van der Waals surface area contributed by atoms with Gasteiger partial charge in [-0.3, -0.25) is 9.78 Å². The van der Waals surface area contributed by atoms with E-state index in [1.165, 1.54) is 0 Å². The van der Waals surface area contributed by atoms with E-state index in [0.29, 0.717) is 41.5 Å². The monoisotopic (exact) mass is 375 g/mol. The van der Waals surface area contributed by atoms with Gasteiger partial charge in [-0.1, -0.05) is 19.1 Å². The lowest BCUT2D eigenvalue weighted by molar-refractivity contribution is 0.318. The largest absolute Gasteiger partial charge is 0.493 e. The Labute approximate surface area is 162 Å². The van der Waals surface area contributed by atoms with Crippen LogP contribution in [0.2, 0.25) is 0 Å². The van der Waals surface area contributed by atoms with Crippen molar-refractivity contribution in [1.82, 2.24) is 24.7 Å². The van der Waals surface area contributed by atoms with Crippen LogP contribution in [0.25, 0.3) is 22.4 Å². The Hall–Kier alpha value is -3.48. The summed E-state index contributed by atoms with van der Waals surface area (Å²) >= 11 is 0. The lowest BCUT2D eigenvalue weighted by Gasteiger charge is -2.10. The normalized spacial score (nSPS) is 11.1. The number of pyridine rings is 1. The summed E-state index contributed by atoms with van der Waals surface area (Å²) in [5, 5.41) is 5.04. The molecule has 0 unspecified atom stereocenters. The van der Waals surface area contributed by atoms with Gasteiger partial charge < -0.3 is 9.72 Å². The van der Waals surface area contributed by atoms with Crippen LogP contribution in [-0.4, -0.2) is 31.3 Å². The number of ether oxygens (including phenoxy) is 1. The van der Waals surface area contributed by atoms with Gasteiger partial charge in [0.15, 0.2) is 5.65 Å². The second-order valence-electron chi connectivity index (χ2n) is 6.56. The Morgan fingerprint density at radius 2 is 1.93 bits per heavy atom. The van der Waals surface area contributed by atoms with Crippen LogP contribution in [0.4, 0.5) is 0 Å². The maximum atomic E-state index is 12.8. The van der Waals surface area contributed by atoms with Crippen molar-refractivity contribution in [3.8, 4) is 17.1 Å². The highest BCUT2D eigenvalue weighted by atomic mass is 16.5. The Morgan fingerprint density at radius 1 is 1.14 bits per heavy atom.